The van der Waals surface area contributed by atoms with Crippen LogP contribution in [0.4, 0.5) is 0 Å². The van der Waals surface area contributed by atoms with Crippen LogP contribution >= 0.6 is 11.5 Å². The molecule has 1 aromatic rings. The van der Waals surface area contributed by atoms with Crippen molar-refractivity contribution in [2.45, 2.75) is 13.5 Å². The third-order valence-electron chi connectivity index (χ3n) is 1.68. The fourth-order valence-corrected chi connectivity index (χ4v) is 1.54. The zero-order valence-corrected chi connectivity index (χ0v) is 8.05. The van der Waals surface area contributed by atoms with Crippen molar-refractivity contribution in [2.24, 2.45) is 5.73 Å². The quantitative estimate of drug-likeness (QED) is 0.719. The van der Waals surface area contributed by atoms with E-state index in [0.29, 0.717) is 6.54 Å². The molecule has 1 aromatic heterocycles. The molecule has 0 bridgehead atoms. The molecule has 2 N–H and O–H groups in total. The van der Waals surface area contributed by atoms with E-state index in [0.717, 1.165) is 19.6 Å². The molecule has 0 fully saturated rings. The average Bonchev–Trinajstić information content (AvgIpc) is 2.56. The Bertz CT molecular complexity index is 199. The third-order valence-corrected chi connectivity index (χ3v) is 2.32. The molecule has 1 rings (SSSR count). The SMILES string of the molecule is CCN(CCN)Cc1cnns1. The van der Waals surface area contributed by atoms with Gasteiger partial charge in [0.25, 0.3) is 0 Å². The summed E-state index contributed by atoms with van der Waals surface area (Å²) in [7, 11) is 0. The summed E-state index contributed by atoms with van der Waals surface area (Å²) in [6.45, 7) is 5.72. The third kappa shape index (κ3) is 2.84. The molecule has 5 heteroatoms. The summed E-state index contributed by atoms with van der Waals surface area (Å²) < 4.78 is 3.80. The Kier molecular flexibility index (Phi) is 4.13. The van der Waals surface area contributed by atoms with Crippen LogP contribution < -0.4 is 5.73 Å². The molecule has 0 saturated heterocycles. The second-order valence-electron chi connectivity index (χ2n) is 2.54. The van der Waals surface area contributed by atoms with Gasteiger partial charge in [0.1, 0.15) is 0 Å². The summed E-state index contributed by atoms with van der Waals surface area (Å²) >= 11 is 1.45. The van der Waals surface area contributed by atoms with Crippen molar-refractivity contribution in [3.8, 4) is 0 Å². The average molecular weight is 186 g/mol. The molecule has 0 aliphatic rings. The van der Waals surface area contributed by atoms with Gasteiger partial charge < -0.3 is 5.73 Å². The lowest BCUT2D eigenvalue weighted by molar-refractivity contribution is 0.290. The molecule has 0 radical (unpaired) electrons. The zero-order valence-electron chi connectivity index (χ0n) is 7.23. The van der Waals surface area contributed by atoms with E-state index >= 15 is 0 Å². The van der Waals surface area contributed by atoms with Crippen molar-refractivity contribution < 1.29 is 0 Å². The van der Waals surface area contributed by atoms with Gasteiger partial charge in [-0.05, 0) is 18.1 Å². The highest BCUT2D eigenvalue weighted by Crippen LogP contribution is 2.05. The van der Waals surface area contributed by atoms with E-state index in [9.17, 15) is 0 Å². The molecule has 0 aliphatic carbocycles. The minimum absolute atomic E-state index is 0.708. The van der Waals surface area contributed by atoms with Crippen LogP contribution in [0.2, 0.25) is 0 Å². The number of hydrogen-bond acceptors (Lipinski definition) is 5. The second kappa shape index (κ2) is 5.18. The maximum absolute atomic E-state index is 5.46. The van der Waals surface area contributed by atoms with Crippen molar-refractivity contribution in [2.75, 3.05) is 19.6 Å². The van der Waals surface area contributed by atoms with Crippen molar-refractivity contribution in [1.29, 1.82) is 0 Å². The molecule has 0 aliphatic heterocycles. The van der Waals surface area contributed by atoms with Crippen LogP contribution in [-0.4, -0.2) is 34.1 Å². The lowest BCUT2D eigenvalue weighted by Crippen LogP contribution is -2.28. The molecule has 68 valence electrons. The van der Waals surface area contributed by atoms with E-state index < -0.39 is 0 Å². The molecule has 1 heterocycles. The largest absolute Gasteiger partial charge is 0.329 e. The molecular formula is C7H14N4S. The van der Waals surface area contributed by atoms with Crippen LogP contribution in [0.5, 0.6) is 0 Å². The van der Waals surface area contributed by atoms with Gasteiger partial charge in [0.05, 0.1) is 11.1 Å². The number of rotatable bonds is 5. The number of likely N-dealkylation sites (N-methyl/N-ethyl adjacent to an activating group) is 1. The van der Waals surface area contributed by atoms with Crippen LogP contribution in [0.1, 0.15) is 11.8 Å². The van der Waals surface area contributed by atoms with Gasteiger partial charge in [-0.15, -0.1) is 5.10 Å². The predicted molar refractivity (Wildman–Crippen MR) is 49.9 cm³/mol. The molecule has 0 amide bonds. The molecule has 12 heavy (non-hydrogen) atoms. The predicted octanol–water partition coefficient (Wildman–Crippen LogP) is 0.319. The fraction of sp³-hybridized carbons (Fsp3) is 0.714. The molecule has 4 nitrogen and oxygen atoms in total. The summed E-state index contributed by atoms with van der Waals surface area (Å²) in [5, 5.41) is 3.78. The lowest BCUT2D eigenvalue weighted by atomic mass is 10.4. The van der Waals surface area contributed by atoms with E-state index in [1.54, 1.807) is 0 Å². The minimum atomic E-state index is 0.708. The Morgan fingerprint density at radius 1 is 1.67 bits per heavy atom. The first-order valence-corrected chi connectivity index (χ1v) is 4.82. The maximum Gasteiger partial charge on any atom is 0.0666 e. The van der Waals surface area contributed by atoms with Crippen LogP contribution in [0.3, 0.4) is 0 Å². The van der Waals surface area contributed by atoms with Gasteiger partial charge in [-0.1, -0.05) is 11.4 Å². The number of nitrogens with zero attached hydrogens (tertiary/aromatic N) is 3. The van der Waals surface area contributed by atoms with Crippen LogP contribution in [-0.2, 0) is 6.54 Å². The Balaban J connectivity index is 2.37. The first kappa shape index (κ1) is 9.57. The summed E-state index contributed by atoms with van der Waals surface area (Å²) in [6.07, 6.45) is 1.81. The summed E-state index contributed by atoms with van der Waals surface area (Å²) in [5.74, 6) is 0. The van der Waals surface area contributed by atoms with Crippen molar-refractivity contribution in [3.05, 3.63) is 11.1 Å². The van der Waals surface area contributed by atoms with Gasteiger partial charge in [0.2, 0.25) is 0 Å². The first-order chi connectivity index (χ1) is 5.86. The maximum atomic E-state index is 5.46. The highest BCUT2D eigenvalue weighted by molar-refractivity contribution is 7.05. The van der Waals surface area contributed by atoms with E-state index in [4.69, 9.17) is 5.73 Å². The van der Waals surface area contributed by atoms with Gasteiger partial charge in [-0.3, -0.25) is 4.90 Å². The van der Waals surface area contributed by atoms with Crippen LogP contribution in [0.15, 0.2) is 6.20 Å². The Hall–Kier alpha value is -0.520. The first-order valence-electron chi connectivity index (χ1n) is 4.05. The van der Waals surface area contributed by atoms with Gasteiger partial charge in [0, 0.05) is 19.6 Å². The molecule has 0 spiro atoms. The number of aromatic nitrogens is 2. The second-order valence-corrected chi connectivity index (χ2v) is 3.41. The normalized spacial score (nSPS) is 10.9. The summed E-state index contributed by atoms with van der Waals surface area (Å²) in [6, 6.07) is 0. The van der Waals surface area contributed by atoms with Gasteiger partial charge in [-0.2, -0.15) is 0 Å². The molecular weight excluding hydrogens is 172 g/mol. The smallest absolute Gasteiger partial charge is 0.0666 e. The van der Waals surface area contributed by atoms with E-state index in [1.807, 2.05) is 6.20 Å². The molecule has 0 unspecified atom stereocenters. The zero-order chi connectivity index (χ0) is 8.81. The Labute approximate surface area is 76.5 Å². The van der Waals surface area contributed by atoms with Crippen molar-refractivity contribution >= 4 is 11.5 Å². The molecule has 0 aromatic carbocycles. The fourth-order valence-electron chi connectivity index (χ4n) is 1.01. The minimum Gasteiger partial charge on any atom is -0.329 e. The standard InChI is InChI=1S/C7H14N4S/c1-2-11(4-3-8)6-7-5-9-10-12-7/h5H,2-4,6,8H2,1H3. The van der Waals surface area contributed by atoms with Crippen LogP contribution in [0, 0.1) is 0 Å². The number of hydrogen-bond donors (Lipinski definition) is 1. The van der Waals surface area contributed by atoms with Crippen molar-refractivity contribution in [1.82, 2.24) is 14.5 Å². The van der Waals surface area contributed by atoms with Crippen LogP contribution in [0.25, 0.3) is 0 Å². The molecule has 0 atom stereocenters. The highest BCUT2D eigenvalue weighted by Gasteiger charge is 2.03. The van der Waals surface area contributed by atoms with Gasteiger partial charge in [-0.25, -0.2) is 0 Å². The Morgan fingerprint density at radius 2 is 2.50 bits per heavy atom. The number of nitrogens with two attached hydrogens (primary N) is 1. The van der Waals surface area contributed by atoms with Crippen molar-refractivity contribution in [3.63, 3.8) is 0 Å². The van der Waals surface area contributed by atoms with Gasteiger partial charge >= 0.3 is 0 Å². The monoisotopic (exact) mass is 186 g/mol. The topological polar surface area (TPSA) is 55.0 Å². The summed E-state index contributed by atoms with van der Waals surface area (Å²) in [4.78, 5) is 3.47. The summed E-state index contributed by atoms with van der Waals surface area (Å²) in [5.41, 5.74) is 5.46. The Morgan fingerprint density at radius 3 is 3.00 bits per heavy atom. The molecule has 0 saturated carbocycles. The van der Waals surface area contributed by atoms with E-state index in [-0.39, 0.29) is 0 Å². The lowest BCUT2D eigenvalue weighted by Gasteiger charge is -2.17. The van der Waals surface area contributed by atoms with E-state index in [2.05, 4.69) is 21.4 Å². The van der Waals surface area contributed by atoms with Gasteiger partial charge in [0.15, 0.2) is 0 Å². The highest BCUT2D eigenvalue weighted by atomic mass is 32.1. The van der Waals surface area contributed by atoms with E-state index in [1.165, 1.54) is 16.4 Å².